The summed E-state index contributed by atoms with van der Waals surface area (Å²) >= 11 is 0. The molecule has 2 heterocycles. The van der Waals surface area contributed by atoms with Crippen LogP contribution < -0.4 is 4.90 Å². The van der Waals surface area contributed by atoms with Crippen LogP contribution in [0.25, 0.3) is 0 Å². The van der Waals surface area contributed by atoms with Crippen molar-refractivity contribution in [2.24, 2.45) is 0 Å². The summed E-state index contributed by atoms with van der Waals surface area (Å²) < 4.78 is 10.7. The van der Waals surface area contributed by atoms with Crippen LogP contribution in [0.15, 0.2) is 4.52 Å². The van der Waals surface area contributed by atoms with Gasteiger partial charge in [-0.2, -0.15) is 4.98 Å². The molecular weight excluding hydrogens is 234 g/mol. The number of aliphatic hydroxyl groups is 1. The van der Waals surface area contributed by atoms with Gasteiger partial charge in [-0.1, -0.05) is 13.8 Å². The van der Waals surface area contributed by atoms with E-state index in [9.17, 15) is 0 Å². The average Bonchev–Trinajstić information content (AvgIpc) is 2.87. The second-order valence-corrected chi connectivity index (χ2v) is 4.87. The molecule has 1 saturated heterocycles. The molecule has 0 radical (unpaired) electrons. The Bertz CT molecular complexity index is 359. The number of anilines is 1. The van der Waals surface area contributed by atoms with Gasteiger partial charge in [0.1, 0.15) is 0 Å². The number of hydrogen-bond acceptors (Lipinski definition) is 6. The van der Waals surface area contributed by atoms with E-state index in [-0.39, 0.29) is 18.6 Å². The Morgan fingerprint density at radius 1 is 1.44 bits per heavy atom. The molecule has 0 spiro atoms. The summed E-state index contributed by atoms with van der Waals surface area (Å²) in [5, 5.41) is 12.7. The fraction of sp³-hybridized carbons (Fsp3) is 0.833. The highest BCUT2D eigenvalue weighted by Gasteiger charge is 2.23. The summed E-state index contributed by atoms with van der Waals surface area (Å²) in [5.74, 6) is 1.62. The van der Waals surface area contributed by atoms with Crippen LogP contribution in [-0.4, -0.2) is 47.7 Å². The highest BCUT2D eigenvalue weighted by atomic mass is 16.5. The minimum Gasteiger partial charge on any atom is -0.394 e. The second-order valence-electron chi connectivity index (χ2n) is 4.87. The first-order valence-electron chi connectivity index (χ1n) is 6.51. The van der Waals surface area contributed by atoms with Crippen molar-refractivity contribution >= 4 is 5.95 Å². The standard InChI is InChI=1S/C12H21N3O3/c1-9(2)11-13-12(14-18-11)15-5-3-10(4-6-15)17-8-7-16/h9-10,16H,3-8H2,1-2H3. The Morgan fingerprint density at radius 2 is 2.17 bits per heavy atom. The van der Waals surface area contributed by atoms with Gasteiger partial charge < -0.3 is 19.3 Å². The second kappa shape index (κ2) is 6.15. The van der Waals surface area contributed by atoms with Crippen molar-refractivity contribution in [1.29, 1.82) is 0 Å². The van der Waals surface area contributed by atoms with E-state index in [0.29, 0.717) is 18.4 Å². The van der Waals surface area contributed by atoms with Crippen molar-refractivity contribution < 1.29 is 14.4 Å². The first-order valence-corrected chi connectivity index (χ1v) is 6.51. The van der Waals surface area contributed by atoms with Crippen molar-refractivity contribution in [3.05, 3.63) is 5.89 Å². The van der Waals surface area contributed by atoms with Crippen LogP contribution in [0.5, 0.6) is 0 Å². The number of hydrogen-bond donors (Lipinski definition) is 1. The third-order valence-corrected chi connectivity index (χ3v) is 3.09. The molecule has 102 valence electrons. The molecule has 1 aromatic rings. The van der Waals surface area contributed by atoms with Crippen LogP contribution in [0, 0.1) is 0 Å². The van der Waals surface area contributed by atoms with Gasteiger partial charge in [-0.15, -0.1) is 0 Å². The molecule has 0 aromatic carbocycles. The number of ether oxygens (including phenoxy) is 1. The lowest BCUT2D eigenvalue weighted by molar-refractivity contribution is 0.0157. The number of aromatic nitrogens is 2. The van der Waals surface area contributed by atoms with Crippen LogP contribution in [0.1, 0.15) is 38.5 Å². The number of rotatable bonds is 5. The zero-order valence-corrected chi connectivity index (χ0v) is 11.0. The van der Waals surface area contributed by atoms with Crippen LogP contribution in [0.4, 0.5) is 5.95 Å². The molecule has 1 aromatic heterocycles. The molecule has 0 saturated carbocycles. The normalized spacial score (nSPS) is 17.7. The Balaban J connectivity index is 1.85. The zero-order chi connectivity index (χ0) is 13.0. The zero-order valence-electron chi connectivity index (χ0n) is 11.0. The maximum atomic E-state index is 8.71. The number of nitrogens with zero attached hydrogens (tertiary/aromatic N) is 3. The molecule has 2 rings (SSSR count). The lowest BCUT2D eigenvalue weighted by Gasteiger charge is -2.30. The molecule has 0 atom stereocenters. The Kier molecular flexibility index (Phi) is 4.54. The molecule has 0 amide bonds. The van der Waals surface area contributed by atoms with E-state index < -0.39 is 0 Å². The van der Waals surface area contributed by atoms with Crippen molar-refractivity contribution in [1.82, 2.24) is 10.1 Å². The molecule has 0 aliphatic carbocycles. The fourth-order valence-electron chi connectivity index (χ4n) is 2.03. The van der Waals surface area contributed by atoms with Gasteiger partial charge in [0.25, 0.3) is 5.95 Å². The Hall–Kier alpha value is -1.14. The molecule has 1 aliphatic heterocycles. The largest absolute Gasteiger partial charge is 0.394 e. The molecule has 0 bridgehead atoms. The maximum Gasteiger partial charge on any atom is 0.266 e. The van der Waals surface area contributed by atoms with Gasteiger partial charge >= 0.3 is 0 Å². The van der Waals surface area contributed by atoms with Crippen molar-refractivity contribution in [3.63, 3.8) is 0 Å². The molecule has 1 aliphatic rings. The third-order valence-electron chi connectivity index (χ3n) is 3.09. The lowest BCUT2D eigenvalue weighted by Crippen LogP contribution is -2.38. The summed E-state index contributed by atoms with van der Waals surface area (Å²) in [6.45, 7) is 6.31. The molecule has 0 unspecified atom stereocenters. The van der Waals surface area contributed by atoms with E-state index in [1.165, 1.54) is 0 Å². The summed E-state index contributed by atoms with van der Waals surface area (Å²) in [5.41, 5.74) is 0. The summed E-state index contributed by atoms with van der Waals surface area (Å²) in [4.78, 5) is 6.51. The minimum atomic E-state index is 0.0861. The molecule has 6 heteroatoms. The third kappa shape index (κ3) is 3.20. The van der Waals surface area contributed by atoms with E-state index in [0.717, 1.165) is 25.9 Å². The molecule has 18 heavy (non-hydrogen) atoms. The number of piperidine rings is 1. The van der Waals surface area contributed by atoms with E-state index in [1.54, 1.807) is 0 Å². The van der Waals surface area contributed by atoms with Gasteiger partial charge in [-0.3, -0.25) is 0 Å². The van der Waals surface area contributed by atoms with Crippen LogP contribution in [0.2, 0.25) is 0 Å². The first-order chi connectivity index (χ1) is 8.70. The highest BCUT2D eigenvalue weighted by molar-refractivity contribution is 5.28. The highest BCUT2D eigenvalue weighted by Crippen LogP contribution is 2.21. The summed E-state index contributed by atoms with van der Waals surface area (Å²) in [6.07, 6.45) is 2.11. The predicted molar refractivity (Wildman–Crippen MR) is 66.7 cm³/mol. The minimum absolute atomic E-state index is 0.0861. The first kappa shape index (κ1) is 13.3. The Morgan fingerprint density at radius 3 is 2.72 bits per heavy atom. The average molecular weight is 255 g/mol. The summed E-state index contributed by atoms with van der Waals surface area (Å²) in [7, 11) is 0. The van der Waals surface area contributed by atoms with Crippen molar-refractivity contribution in [2.75, 3.05) is 31.2 Å². The quantitative estimate of drug-likeness (QED) is 0.851. The van der Waals surface area contributed by atoms with Gasteiger partial charge in [0.05, 0.1) is 19.3 Å². The lowest BCUT2D eigenvalue weighted by atomic mass is 10.1. The molecule has 1 N–H and O–H groups in total. The maximum absolute atomic E-state index is 8.71. The van der Waals surface area contributed by atoms with E-state index in [4.69, 9.17) is 14.4 Å². The van der Waals surface area contributed by atoms with Crippen LogP contribution in [-0.2, 0) is 4.74 Å². The van der Waals surface area contributed by atoms with Gasteiger partial charge in [0.2, 0.25) is 5.89 Å². The van der Waals surface area contributed by atoms with Gasteiger partial charge in [0.15, 0.2) is 0 Å². The molecule has 6 nitrogen and oxygen atoms in total. The topological polar surface area (TPSA) is 71.6 Å². The molecular formula is C12H21N3O3. The van der Waals surface area contributed by atoms with Gasteiger partial charge in [-0.25, -0.2) is 0 Å². The smallest absolute Gasteiger partial charge is 0.266 e. The van der Waals surface area contributed by atoms with E-state index in [2.05, 4.69) is 15.0 Å². The fourth-order valence-corrected chi connectivity index (χ4v) is 2.03. The van der Waals surface area contributed by atoms with Crippen LogP contribution >= 0.6 is 0 Å². The van der Waals surface area contributed by atoms with E-state index in [1.807, 2.05) is 13.8 Å². The summed E-state index contributed by atoms with van der Waals surface area (Å²) in [6, 6.07) is 0. The van der Waals surface area contributed by atoms with Crippen LogP contribution in [0.3, 0.4) is 0 Å². The number of aliphatic hydroxyl groups excluding tert-OH is 1. The predicted octanol–water partition coefficient (Wildman–Crippen LogP) is 1.17. The van der Waals surface area contributed by atoms with Gasteiger partial charge in [0, 0.05) is 19.0 Å². The van der Waals surface area contributed by atoms with E-state index >= 15 is 0 Å². The Labute approximate surface area is 107 Å². The molecule has 1 fully saturated rings. The monoisotopic (exact) mass is 255 g/mol. The SMILES string of the molecule is CC(C)c1nc(N2CCC(OCCO)CC2)no1. The van der Waals surface area contributed by atoms with Crippen molar-refractivity contribution in [3.8, 4) is 0 Å². The van der Waals surface area contributed by atoms with Crippen molar-refractivity contribution in [2.45, 2.75) is 38.7 Å². The van der Waals surface area contributed by atoms with Gasteiger partial charge in [-0.05, 0) is 18.0 Å².